The predicted octanol–water partition coefficient (Wildman–Crippen LogP) is 4.62. The molecule has 1 N–H and O–H groups in total. The number of rotatable bonds is 5. The predicted molar refractivity (Wildman–Crippen MR) is 114 cm³/mol. The topological polar surface area (TPSA) is 43.4 Å². The van der Waals surface area contributed by atoms with Gasteiger partial charge < -0.3 is 14.8 Å². The Kier molecular flexibility index (Phi) is 5.80. The summed E-state index contributed by atoms with van der Waals surface area (Å²) >= 11 is 0. The van der Waals surface area contributed by atoms with Crippen LogP contribution in [0.5, 0.6) is 0 Å². The number of nitrogens with zero attached hydrogens (tertiary/aromatic N) is 1. The second kappa shape index (κ2) is 8.57. The van der Waals surface area contributed by atoms with E-state index < -0.39 is 0 Å². The highest BCUT2D eigenvalue weighted by Crippen LogP contribution is 2.47. The first-order chi connectivity index (χ1) is 15.1. The number of ether oxygens (including phenoxy) is 2. The molecule has 0 saturated carbocycles. The van der Waals surface area contributed by atoms with Crippen LogP contribution in [0.3, 0.4) is 0 Å². The lowest BCUT2D eigenvalue weighted by molar-refractivity contribution is -0.154. The molecule has 3 heterocycles. The maximum atomic E-state index is 13.8. The maximum Gasteiger partial charge on any atom is 0.141 e. The molecule has 2 aliphatic heterocycles. The standard InChI is InChI=1S/C25H30F2N2O2/c26-19-3-1-18-2-5-22(21(18)15-19)28-11-7-24(23-6-4-20(27)16-29-23)8-14-31-25(17-24)9-12-30-13-10-25/h1,3-4,6,15-16,22,28H,2,5,7-14,17H2. The zero-order chi connectivity index (χ0) is 21.3. The molecule has 4 nitrogen and oxygen atoms in total. The normalized spacial score (nSPS) is 27.4. The first-order valence-electron chi connectivity index (χ1n) is 11.4. The molecule has 2 atom stereocenters. The third-order valence-corrected chi connectivity index (χ3v) is 7.50. The molecule has 2 aromatic rings. The van der Waals surface area contributed by atoms with Crippen molar-refractivity contribution in [1.82, 2.24) is 10.3 Å². The molecule has 1 spiro atoms. The summed E-state index contributed by atoms with van der Waals surface area (Å²) < 4.78 is 39.3. The van der Waals surface area contributed by atoms with Crippen LogP contribution in [-0.4, -0.2) is 37.0 Å². The summed E-state index contributed by atoms with van der Waals surface area (Å²) in [6.45, 7) is 2.91. The molecule has 0 bridgehead atoms. The SMILES string of the molecule is Fc1ccc(C2(CCNC3CCc4ccc(F)cc43)CCOC3(CCOCC3)C2)nc1. The highest BCUT2D eigenvalue weighted by atomic mass is 19.1. The van der Waals surface area contributed by atoms with Gasteiger partial charge in [0.25, 0.3) is 0 Å². The molecule has 6 heteroatoms. The summed E-state index contributed by atoms with van der Waals surface area (Å²) in [5, 5.41) is 3.68. The Morgan fingerprint density at radius 3 is 2.68 bits per heavy atom. The van der Waals surface area contributed by atoms with Gasteiger partial charge in [-0.05, 0) is 86.9 Å². The van der Waals surface area contributed by atoms with Gasteiger partial charge in [-0.1, -0.05) is 6.07 Å². The Balaban J connectivity index is 1.35. The second-order valence-corrected chi connectivity index (χ2v) is 9.35. The number of aromatic nitrogens is 1. The van der Waals surface area contributed by atoms with E-state index in [9.17, 15) is 8.78 Å². The third-order valence-electron chi connectivity index (χ3n) is 7.50. The van der Waals surface area contributed by atoms with Crippen molar-refractivity contribution in [2.24, 2.45) is 0 Å². The minimum absolute atomic E-state index is 0.167. The van der Waals surface area contributed by atoms with Crippen molar-refractivity contribution in [3.05, 3.63) is 65.0 Å². The van der Waals surface area contributed by atoms with Crippen molar-refractivity contribution in [3.8, 4) is 0 Å². The van der Waals surface area contributed by atoms with Crippen LogP contribution in [0.4, 0.5) is 8.78 Å². The number of aryl methyl sites for hydroxylation is 1. The van der Waals surface area contributed by atoms with Crippen LogP contribution < -0.4 is 5.32 Å². The third kappa shape index (κ3) is 4.26. The van der Waals surface area contributed by atoms with Crippen molar-refractivity contribution >= 4 is 0 Å². The van der Waals surface area contributed by atoms with Crippen LogP contribution in [0.1, 0.15) is 61.4 Å². The van der Waals surface area contributed by atoms with Gasteiger partial charge in [0.15, 0.2) is 0 Å². The van der Waals surface area contributed by atoms with E-state index in [1.807, 2.05) is 12.1 Å². The van der Waals surface area contributed by atoms with Gasteiger partial charge in [0.2, 0.25) is 0 Å². The molecular formula is C25H30F2N2O2. The monoisotopic (exact) mass is 428 g/mol. The number of hydrogen-bond acceptors (Lipinski definition) is 4. The Hall–Kier alpha value is -1.89. The molecule has 1 aromatic heterocycles. The van der Waals surface area contributed by atoms with E-state index in [0.717, 1.165) is 76.0 Å². The average molecular weight is 429 g/mol. The molecule has 0 amide bonds. The van der Waals surface area contributed by atoms with Gasteiger partial charge in [-0.25, -0.2) is 8.78 Å². The summed E-state index contributed by atoms with van der Waals surface area (Å²) in [4.78, 5) is 4.51. The highest BCUT2D eigenvalue weighted by molar-refractivity contribution is 5.35. The first-order valence-corrected chi connectivity index (χ1v) is 11.4. The molecule has 5 rings (SSSR count). The molecule has 1 aliphatic carbocycles. The minimum Gasteiger partial charge on any atom is -0.381 e. The lowest BCUT2D eigenvalue weighted by atomic mass is 9.66. The van der Waals surface area contributed by atoms with Gasteiger partial charge in [0, 0.05) is 37.0 Å². The zero-order valence-corrected chi connectivity index (χ0v) is 17.8. The van der Waals surface area contributed by atoms with E-state index in [4.69, 9.17) is 9.47 Å². The summed E-state index contributed by atoms with van der Waals surface area (Å²) in [6, 6.07) is 8.66. The summed E-state index contributed by atoms with van der Waals surface area (Å²) in [6.07, 6.45) is 7.70. The fourth-order valence-corrected chi connectivity index (χ4v) is 5.80. The average Bonchev–Trinajstić information content (AvgIpc) is 3.17. The van der Waals surface area contributed by atoms with E-state index in [0.29, 0.717) is 6.61 Å². The van der Waals surface area contributed by atoms with E-state index in [-0.39, 0.29) is 28.7 Å². The lowest BCUT2D eigenvalue weighted by Crippen LogP contribution is -2.51. The Morgan fingerprint density at radius 1 is 1.03 bits per heavy atom. The largest absolute Gasteiger partial charge is 0.381 e. The van der Waals surface area contributed by atoms with Gasteiger partial charge in [0.1, 0.15) is 11.6 Å². The summed E-state index contributed by atoms with van der Waals surface area (Å²) in [5.74, 6) is -0.486. The van der Waals surface area contributed by atoms with Crippen molar-refractivity contribution in [1.29, 1.82) is 0 Å². The number of fused-ring (bicyclic) bond motifs is 1. The van der Waals surface area contributed by atoms with Gasteiger partial charge in [-0.2, -0.15) is 0 Å². The van der Waals surface area contributed by atoms with Crippen LogP contribution >= 0.6 is 0 Å². The van der Waals surface area contributed by atoms with Crippen LogP contribution in [-0.2, 0) is 21.3 Å². The Morgan fingerprint density at radius 2 is 1.87 bits per heavy atom. The van der Waals surface area contributed by atoms with Gasteiger partial charge in [-0.3, -0.25) is 4.98 Å². The van der Waals surface area contributed by atoms with E-state index in [1.54, 1.807) is 12.1 Å². The molecule has 3 aliphatic rings. The van der Waals surface area contributed by atoms with Crippen molar-refractivity contribution in [3.63, 3.8) is 0 Å². The van der Waals surface area contributed by atoms with Gasteiger partial charge in [-0.15, -0.1) is 0 Å². The molecule has 1 aromatic carbocycles. The fourth-order valence-electron chi connectivity index (χ4n) is 5.80. The molecule has 2 saturated heterocycles. The molecule has 2 fully saturated rings. The van der Waals surface area contributed by atoms with Crippen LogP contribution in [0.2, 0.25) is 0 Å². The quantitative estimate of drug-likeness (QED) is 0.755. The van der Waals surface area contributed by atoms with E-state index in [2.05, 4.69) is 10.3 Å². The van der Waals surface area contributed by atoms with Gasteiger partial charge >= 0.3 is 0 Å². The maximum absolute atomic E-state index is 13.8. The number of halogens is 2. The zero-order valence-electron chi connectivity index (χ0n) is 17.8. The number of nitrogens with one attached hydrogen (secondary N) is 1. The number of pyridine rings is 1. The number of benzene rings is 1. The lowest BCUT2D eigenvalue weighted by Gasteiger charge is -2.49. The minimum atomic E-state index is -0.311. The van der Waals surface area contributed by atoms with E-state index in [1.165, 1.54) is 17.8 Å². The second-order valence-electron chi connectivity index (χ2n) is 9.35. The highest BCUT2D eigenvalue weighted by Gasteiger charge is 2.48. The molecule has 31 heavy (non-hydrogen) atoms. The molecule has 166 valence electrons. The van der Waals surface area contributed by atoms with Gasteiger partial charge in [0.05, 0.1) is 11.8 Å². The van der Waals surface area contributed by atoms with Crippen molar-refractivity contribution in [2.45, 2.75) is 62.0 Å². The van der Waals surface area contributed by atoms with Crippen molar-refractivity contribution < 1.29 is 18.3 Å². The number of hydrogen-bond donors (Lipinski definition) is 1. The smallest absolute Gasteiger partial charge is 0.141 e. The molecule has 0 radical (unpaired) electrons. The van der Waals surface area contributed by atoms with Crippen molar-refractivity contribution in [2.75, 3.05) is 26.4 Å². The molecule has 2 unspecified atom stereocenters. The fraction of sp³-hybridized carbons (Fsp3) is 0.560. The van der Waals surface area contributed by atoms with Crippen LogP contribution in [0.15, 0.2) is 36.5 Å². The van der Waals surface area contributed by atoms with E-state index >= 15 is 0 Å². The summed E-state index contributed by atoms with van der Waals surface area (Å²) in [5.41, 5.74) is 2.92. The first kappa shape index (κ1) is 21.0. The molecular weight excluding hydrogens is 398 g/mol. The Bertz CT molecular complexity index is 909. The summed E-state index contributed by atoms with van der Waals surface area (Å²) in [7, 11) is 0. The Labute approximate surface area is 182 Å². The van der Waals surface area contributed by atoms with Crippen LogP contribution in [0.25, 0.3) is 0 Å². The van der Waals surface area contributed by atoms with Crippen LogP contribution in [0, 0.1) is 11.6 Å².